The van der Waals surface area contributed by atoms with Crippen LogP contribution in [-0.4, -0.2) is 46.9 Å². The molecule has 1 aromatic carbocycles. The Kier molecular flexibility index (Phi) is 6.89. The lowest BCUT2D eigenvalue weighted by molar-refractivity contribution is -0.125. The normalized spacial score (nSPS) is 18.7. The van der Waals surface area contributed by atoms with Gasteiger partial charge < -0.3 is 15.5 Å². The van der Waals surface area contributed by atoms with Crippen molar-refractivity contribution < 1.29 is 9.59 Å². The molecule has 0 bridgehead atoms. The highest BCUT2D eigenvalue weighted by Crippen LogP contribution is 2.25. The van der Waals surface area contributed by atoms with Crippen LogP contribution in [0.3, 0.4) is 0 Å². The predicted molar refractivity (Wildman–Crippen MR) is 122 cm³/mol. The minimum Gasteiger partial charge on any atom is -0.354 e. The number of anilines is 2. The summed E-state index contributed by atoms with van der Waals surface area (Å²) in [5.41, 5.74) is 0.752. The van der Waals surface area contributed by atoms with Crippen LogP contribution >= 0.6 is 27.7 Å². The van der Waals surface area contributed by atoms with Crippen molar-refractivity contribution >= 4 is 51.0 Å². The molecule has 0 spiro atoms. The largest absolute Gasteiger partial charge is 0.354 e. The van der Waals surface area contributed by atoms with E-state index >= 15 is 0 Å². The van der Waals surface area contributed by atoms with Crippen LogP contribution < -0.4 is 15.5 Å². The van der Waals surface area contributed by atoms with Crippen molar-refractivity contribution in [3.05, 3.63) is 40.9 Å². The van der Waals surface area contributed by atoms with E-state index in [1.807, 2.05) is 36.4 Å². The zero-order valence-electron chi connectivity index (χ0n) is 16.5. The molecular formula is C21H24BrN5O2S. The number of thioether (sulfide) groups is 1. The molecule has 158 valence electrons. The van der Waals surface area contributed by atoms with Gasteiger partial charge in [0.1, 0.15) is 5.03 Å². The van der Waals surface area contributed by atoms with Crippen LogP contribution in [0.5, 0.6) is 0 Å². The maximum absolute atomic E-state index is 12.4. The van der Waals surface area contributed by atoms with Crippen molar-refractivity contribution in [2.75, 3.05) is 29.1 Å². The molecular weight excluding hydrogens is 466 g/mol. The molecule has 0 unspecified atom stereocenters. The first-order chi connectivity index (χ1) is 14.6. The second-order valence-corrected chi connectivity index (χ2v) is 9.56. The van der Waals surface area contributed by atoms with Gasteiger partial charge in [0.25, 0.3) is 0 Å². The van der Waals surface area contributed by atoms with Gasteiger partial charge in [-0.25, -0.2) is 0 Å². The molecule has 4 rings (SSSR count). The molecule has 2 aliphatic rings. The van der Waals surface area contributed by atoms with Gasteiger partial charge in [-0.2, -0.15) is 0 Å². The van der Waals surface area contributed by atoms with Crippen molar-refractivity contribution in [1.82, 2.24) is 15.5 Å². The second kappa shape index (κ2) is 9.78. The number of carbonyl (C=O) groups is 2. The van der Waals surface area contributed by atoms with E-state index in [0.717, 1.165) is 48.2 Å². The third-order valence-electron chi connectivity index (χ3n) is 5.13. The summed E-state index contributed by atoms with van der Waals surface area (Å²) >= 11 is 4.74. The number of nitrogens with zero attached hydrogens (tertiary/aromatic N) is 3. The number of nitrogens with one attached hydrogen (secondary N) is 2. The lowest BCUT2D eigenvalue weighted by Gasteiger charge is -2.32. The lowest BCUT2D eigenvalue weighted by Crippen LogP contribution is -2.44. The highest BCUT2D eigenvalue weighted by molar-refractivity contribution is 9.10. The van der Waals surface area contributed by atoms with E-state index in [1.165, 1.54) is 11.8 Å². The molecule has 1 saturated heterocycles. The summed E-state index contributed by atoms with van der Waals surface area (Å²) in [6.07, 6.45) is 4.10. The topological polar surface area (TPSA) is 87.2 Å². The standard InChI is InChI=1S/C21H24BrN5O2S/c22-15-4-1-5-17(11-15)23-19(28)13-30-20-9-8-18(25-26-20)27-10-2-3-14(12-27)21(29)24-16-6-7-16/h1,4-5,8-9,11,14,16H,2-3,6-7,10,12-13H2,(H,23,28)(H,24,29)/t14-/m1/s1. The second-order valence-electron chi connectivity index (χ2n) is 7.64. The van der Waals surface area contributed by atoms with E-state index in [0.29, 0.717) is 17.6 Å². The molecule has 1 aromatic heterocycles. The van der Waals surface area contributed by atoms with Crippen LogP contribution in [0.25, 0.3) is 0 Å². The van der Waals surface area contributed by atoms with Gasteiger partial charge >= 0.3 is 0 Å². The summed E-state index contributed by atoms with van der Waals surface area (Å²) in [6.45, 7) is 1.55. The van der Waals surface area contributed by atoms with Gasteiger partial charge in [0.2, 0.25) is 11.8 Å². The Labute approximate surface area is 188 Å². The van der Waals surface area contributed by atoms with Gasteiger partial charge in [-0.15, -0.1) is 10.2 Å². The van der Waals surface area contributed by atoms with Crippen molar-refractivity contribution in [3.8, 4) is 0 Å². The molecule has 30 heavy (non-hydrogen) atoms. The van der Waals surface area contributed by atoms with Gasteiger partial charge in [0.15, 0.2) is 5.82 Å². The Bertz CT molecular complexity index is 907. The van der Waals surface area contributed by atoms with E-state index < -0.39 is 0 Å². The van der Waals surface area contributed by atoms with Crippen molar-refractivity contribution in [1.29, 1.82) is 0 Å². The van der Waals surface area contributed by atoms with E-state index in [1.54, 1.807) is 0 Å². The van der Waals surface area contributed by atoms with Crippen molar-refractivity contribution in [2.45, 2.75) is 36.8 Å². The molecule has 1 saturated carbocycles. The Morgan fingerprint density at radius 2 is 2.03 bits per heavy atom. The molecule has 2 heterocycles. The Balaban J connectivity index is 1.27. The number of hydrogen-bond donors (Lipinski definition) is 2. The van der Waals surface area contributed by atoms with Crippen LogP contribution in [-0.2, 0) is 9.59 Å². The average molecular weight is 490 g/mol. The minimum absolute atomic E-state index is 0.0110. The summed E-state index contributed by atoms with van der Waals surface area (Å²) in [5.74, 6) is 1.12. The lowest BCUT2D eigenvalue weighted by atomic mass is 9.97. The summed E-state index contributed by atoms with van der Waals surface area (Å²) in [7, 11) is 0. The molecule has 7 nitrogen and oxygen atoms in total. The zero-order chi connectivity index (χ0) is 20.9. The fourth-order valence-corrected chi connectivity index (χ4v) is 4.42. The summed E-state index contributed by atoms with van der Waals surface area (Å²) in [5, 5.41) is 15.3. The van der Waals surface area contributed by atoms with Crippen LogP contribution in [0, 0.1) is 5.92 Å². The molecule has 0 radical (unpaired) electrons. The molecule has 1 aliphatic heterocycles. The highest BCUT2D eigenvalue weighted by Gasteiger charge is 2.30. The fraction of sp³-hybridized carbons (Fsp3) is 0.429. The Morgan fingerprint density at radius 3 is 2.77 bits per heavy atom. The summed E-state index contributed by atoms with van der Waals surface area (Å²) < 4.78 is 0.916. The number of halogens is 1. The van der Waals surface area contributed by atoms with Crippen LogP contribution in [0.1, 0.15) is 25.7 Å². The van der Waals surface area contributed by atoms with Crippen LogP contribution in [0.2, 0.25) is 0 Å². The number of aromatic nitrogens is 2. The molecule has 2 fully saturated rings. The quantitative estimate of drug-likeness (QED) is 0.579. The SMILES string of the molecule is O=C(CSc1ccc(N2CCC[C@@H](C(=O)NC3CC3)C2)nn1)Nc1cccc(Br)c1. The smallest absolute Gasteiger partial charge is 0.234 e. The van der Waals surface area contributed by atoms with E-state index in [2.05, 4.69) is 41.7 Å². The van der Waals surface area contributed by atoms with E-state index in [9.17, 15) is 9.59 Å². The number of benzene rings is 1. The van der Waals surface area contributed by atoms with Gasteiger partial charge in [-0.3, -0.25) is 9.59 Å². The van der Waals surface area contributed by atoms with E-state index in [4.69, 9.17) is 0 Å². The first-order valence-corrected chi connectivity index (χ1v) is 11.9. The van der Waals surface area contributed by atoms with Gasteiger partial charge in [0, 0.05) is 29.3 Å². The molecule has 1 atom stereocenters. The third kappa shape index (κ3) is 5.95. The maximum atomic E-state index is 12.4. The summed E-state index contributed by atoms with van der Waals surface area (Å²) in [4.78, 5) is 26.6. The number of hydrogen-bond acceptors (Lipinski definition) is 6. The molecule has 1 aliphatic carbocycles. The zero-order valence-corrected chi connectivity index (χ0v) is 18.9. The van der Waals surface area contributed by atoms with Gasteiger partial charge in [0.05, 0.1) is 11.7 Å². The van der Waals surface area contributed by atoms with Crippen molar-refractivity contribution in [3.63, 3.8) is 0 Å². The Morgan fingerprint density at radius 1 is 1.17 bits per heavy atom. The molecule has 2 N–H and O–H groups in total. The van der Waals surface area contributed by atoms with E-state index in [-0.39, 0.29) is 23.5 Å². The first kappa shape index (κ1) is 21.1. The number of piperidine rings is 1. The predicted octanol–water partition coefficient (Wildman–Crippen LogP) is 3.46. The maximum Gasteiger partial charge on any atom is 0.234 e. The minimum atomic E-state index is -0.0930. The van der Waals surface area contributed by atoms with Gasteiger partial charge in [-0.1, -0.05) is 33.8 Å². The van der Waals surface area contributed by atoms with Gasteiger partial charge in [-0.05, 0) is 56.0 Å². The number of rotatable bonds is 7. The third-order valence-corrected chi connectivity index (χ3v) is 6.54. The average Bonchev–Trinajstić information content (AvgIpc) is 3.57. The molecule has 2 aromatic rings. The van der Waals surface area contributed by atoms with Crippen molar-refractivity contribution in [2.24, 2.45) is 5.92 Å². The fourth-order valence-electron chi connectivity index (χ4n) is 3.41. The number of carbonyl (C=O) groups excluding carboxylic acids is 2. The molecule has 9 heteroatoms. The summed E-state index contributed by atoms with van der Waals surface area (Å²) in [6, 6.07) is 11.7. The highest BCUT2D eigenvalue weighted by atomic mass is 79.9. The number of amides is 2. The Hall–Kier alpha value is -2.13. The molecule has 2 amide bonds. The monoisotopic (exact) mass is 489 g/mol. The van der Waals surface area contributed by atoms with Crippen LogP contribution in [0.4, 0.5) is 11.5 Å². The van der Waals surface area contributed by atoms with Crippen LogP contribution in [0.15, 0.2) is 45.9 Å². The first-order valence-electron chi connectivity index (χ1n) is 10.1.